The molecule has 14 heteroatoms. The maximum absolute atomic E-state index is 15.0. The fraction of sp³-hybridized carbons (Fsp3) is 0.300. The third-order valence-electron chi connectivity index (χ3n) is 4.26. The summed E-state index contributed by atoms with van der Waals surface area (Å²) in [6, 6.07) is 2.23. The number of nitrogens with zero attached hydrogens (tertiary/aromatic N) is 3. The van der Waals surface area contributed by atoms with Crippen LogP contribution in [0.15, 0.2) is 24.4 Å². The van der Waals surface area contributed by atoms with Crippen molar-refractivity contribution in [3.63, 3.8) is 0 Å². The lowest BCUT2D eigenvalue weighted by Crippen LogP contribution is -2.41. The molecule has 184 valence electrons. The van der Waals surface area contributed by atoms with Crippen molar-refractivity contribution in [2.75, 3.05) is 18.5 Å². The highest BCUT2D eigenvalue weighted by atomic mass is 35.5. The lowest BCUT2D eigenvalue weighted by Gasteiger charge is -2.22. The van der Waals surface area contributed by atoms with Crippen molar-refractivity contribution in [1.82, 2.24) is 14.9 Å². The van der Waals surface area contributed by atoms with Crippen LogP contribution in [0.2, 0.25) is 5.02 Å². The van der Waals surface area contributed by atoms with E-state index in [4.69, 9.17) is 26.9 Å². The van der Waals surface area contributed by atoms with E-state index in [9.17, 15) is 26.7 Å². The number of nitrogens with one attached hydrogen (secondary N) is 2. The maximum Gasteiger partial charge on any atom is 0.425 e. The number of aliphatic hydroxyl groups excluding tert-OH is 1. The van der Waals surface area contributed by atoms with E-state index in [0.717, 1.165) is 11.0 Å². The van der Waals surface area contributed by atoms with Gasteiger partial charge >= 0.3 is 12.2 Å². The molecule has 2 aromatic rings. The Morgan fingerprint density at radius 3 is 2.68 bits per heavy atom. The molecule has 0 aliphatic rings. The summed E-state index contributed by atoms with van der Waals surface area (Å²) in [4.78, 5) is 20.4. The lowest BCUT2D eigenvalue weighted by molar-refractivity contribution is -0.190. The van der Waals surface area contributed by atoms with E-state index in [-0.39, 0.29) is 17.3 Å². The fourth-order valence-corrected chi connectivity index (χ4v) is 2.64. The van der Waals surface area contributed by atoms with Gasteiger partial charge in [0.05, 0.1) is 16.3 Å². The van der Waals surface area contributed by atoms with Gasteiger partial charge in [-0.3, -0.25) is 20.6 Å². The average molecular weight is 508 g/mol. The third-order valence-corrected chi connectivity index (χ3v) is 4.58. The molecule has 0 spiro atoms. The number of rotatable bonds is 7. The van der Waals surface area contributed by atoms with Gasteiger partial charge in [-0.2, -0.15) is 18.2 Å². The first-order valence-corrected chi connectivity index (χ1v) is 9.95. The molecule has 0 aliphatic heterocycles. The van der Waals surface area contributed by atoms with E-state index < -0.39 is 59.7 Å². The van der Waals surface area contributed by atoms with E-state index in [2.05, 4.69) is 9.97 Å². The topological polar surface area (TPSA) is 111 Å². The Morgan fingerprint density at radius 2 is 2.12 bits per heavy atom. The number of aliphatic hydroxyl groups is 1. The molecule has 0 fully saturated rings. The molecule has 0 saturated heterocycles. The fourth-order valence-electron chi connectivity index (χ4n) is 2.47. The number of ether oxygens (including phenoxy) is 1. The Morgan fingerprint density at radius 1 is 1.44 bits per heavy atom. The first-order valence-electron chi connectivity index (χ1n) is 9.57. The Balaban J connectivity index is 2.54. The summed E-state index contributed by atoms with van der Waals surface area (Å²) in [5.74, 6) is -4.95. The third kappa shape index (κ3) is 6.60. The summed E-state index contributed by atoms with van der Waals surface area (Å²) < 4.78 is 73.5. The SMILES string of the molecule is CCN(C(=N)CO)C(=O)Nc1nc(O[C@@H](C)C(F)(F)F)c(/C(F)=C/c2ncccc2Cl)cc1F. The molecule has 0 bridgehead atoms. The zero-order valence-corrected chi connectivity index (χ0v) is 18.5. The van der Waals surface area contributed by atoms with E-state index in [0.29, 0.717) is 13.0 Å². The summed E-state index contributed by atoms with van der Waals surface area (Å²) in [7, 11) is 0. The summed E-state index contributed by atoms with van der Waals surface area (Å²) in [5, 5.41) is 18.6. The van der Waals surface area contributed by atoms with Gasteiger partial charge in [-0.15, -0.1) is 0 Å². The average Bonchev–Trinajstić information content (AvgIpc) is 2.76. The summed E-state index contributed by atoms with van der Waals surface area (Å²) >= 11 is 5.90. The quantitative estimate of drug-likeness (QED) is 0.281. The van der Waals surface area contributed by atoms with Crippen molar-refractivity contribution in [2.24, 2.45) is 0 Å². The molecule has 2 rings (SSSR count). The molecule has 2 amide bonds. The number of hydrogen-bond acceptors (Lipinski definition) is 6. The van der Waals surface area contributed by atoms with Crippen molar-refractivity contribution >= 4 is 41.2 Å². The molecular formula is C20H19ClF5N5O3. The minimum atomic E-state index is -4.86. The predicted molar refractivity (Wildman–Crippen MR) is 115 cm³/mol. The number of hydrogen-bond donors (Lipinski definition) is 3. The number of urea groups is 1. The molecule has 8 nitrogen and oxygen atoms in total. The zero-order chi connectivity index (χ0) is 25.6. The molecule has 1 atom stereocenters. The largest absolute Gasteiger partial charge is 0.464 e. The van der Waals surface area contributed by atoms with Crippen LogP contribution in [0.5, 0.6) is 5.88 Å². The number of amidine groups is 1. The van der Waals surface area contributed by atoms with E-state index in [1.165, 1.54) is 25.3 Å². The second-order valence-corrected chi connectivity index (χ2v) is 7.02. The second-order valence-electron chi connectivity index (χ2n) is 6.62. The number of amides is 2. The van der Waals surface area contributed by atoms with E-state index >= 15 is 0 Å². The number of halogens is 6. The van der Waals surface area contributed by atoms with Crippen LogP contribution < -0.4 is 10.1 Å². The Hall–Kier alpha value is -3.32. The first kappa shape index (κ1) is 26.9. The van der Waals surface area contributed by atoms with Crippen LogP contribution in [0, 0.1) is 11.2 Å². The number of anilines is 1. The monoisotopic (exact) mass is 507 g/mol. The van der Waals surface area contributed by atoms with Crippen molar-refractivity contribution in [2.45, 2.75) is 26.1 Å². The van der Waals surface area contributed by atoms with Crippen LogP contribution >= 0.6 is 11.6 Å². The van der Waals surface area contributed by atoms with Crippen LogP contribution in [0.25, 0.3) is 11.9 Å². The summed E-state index contributed by atoms with van der Waals surface area (Å²) in [6.07, 6.45) is -5.29. The Bertz CT molecular complexity index is 1100. The van der Waals surface area contributed by atoms with Crippen molar-refractivity contribution in [3.05, 3.63) is 46.5 Å². The van der Waals surface area contributed by atoms with Gasteiger partial charge in [0, 0.05) is 18.8 Å². The van der Waals surface area contributed by atoms with Gasteiger partial charge in [-0.1, -0.05) is 11.6 Å². The van der Waals surface area contributed by atoms with Crippen LogP contribution in [0.4, 0.5) is 32.6 Å². The molecule has 2 heterocycles. The van der Waals surface area contributed by atoms with Crippen molar-refractivity contribution in [3.8, 4) is 5.88 Å². The molecule has 34 heavy (non-hydrogen) atoms. The predicted octanol–water partition coefficient (Wildman–Crippen LogP) is 4.89. The number of carbonyl (C=O) groups is 1. The van der Waals surface area contributed by atoms with E-state index in [1.54, 1.807) is 0 Å². The second kappa shape index (κ2) is 11.2. The minimum Gasteiger partial charge on any atom is -0.464 e. The maximum atomic E-state index is 15.0. The molecule has 0 aliphatic carbocycles. The normalized spacial score (nSPS) is 12.8. The van der Waals surface area contributed by atoms with Crippen LogP contribution in [0.3, 0.4) is 0 Å². The van der Waals surface area contributed by atoms with Gasteiger partial charge in [0.25, 0.3) is 0 Å². The lowest BCUT2D eigenvalue weighted by atomic mass is 10.2. The Labute approximate surface area is 195 Å². The van der Waals surface area contributed by atoms with Gasteiger partial charge in [-0.05, 0) is 32.0 Å². The molecular weight excluding hydrogens is 489 g/mol. The number of likely N-dealkylation sites (N-methyl/N-ethyl adjacent to an activating group) is 1. The smallest absolute Gasteiger partial charge is 0.425 e. The van der Waals surface area contributed by atoms with Gasteiger partial charge in [-0.25, -0.2) is 13.6 Å². The van der Waals surface area contributed by atoms with Gasteiger partial charge in [0.2, 0.25) is 5.88 Å². The molecule has 2 aromatic heterocycles. The number of alkyl halides is 3. The van der Waals surface area contributed by atoms with Crippen LogP contribution in [-0.2, 0) is 0 Å². The molecule has 0 aromatic carbocycles. The molecule has 3 N–H and O–H groups in total. The minimum absolute atomic E-state index is 0.0204. The van der Waals surface area contributed by atoms with Crippen LogP contribution in [0.1, 0.15) is 25.1 Å². The van der Waals surface area contributed by atoms with Gasteiger partial charge in [0.15, 0.2) is 17.7 Å². The highest BCUT2D eigenvalue weighted by Crippen LogP contribution is 2.34. The van der Waals surface area contributed by atoms with Crippen molar-refractivity contribution < 1.29 is 36.6 Å². The highest BCUT2D eigenvalue weighted by Gasteiger charge is 2.39. The van der Waals surface area contributed by atoms with Gasteiger partial charge in [0.1, 0.15) is 18.3 Å². The highest BCUT2D eigenvalue weighted by molar-refractivity contribution is 6.32. The van der Waals surface area contributed by atoms with E-state index in [1.807, 2.05) is 5.32 Å². The number of carbonyl (C=O) groups excluding carboxylic acids is 1. The zero-order valence-electron chi connectivity index (χ0n) is 17.8. The number of aromatic nitrogens is 2. The molecule has 0 unspecified atom stereocenters. The summed E-state index contributed by atoms with van der Waals surface area (Å²) in [5.41, 5.74) is -0.876. The van der Waals surface area contributed by atoms with Crippen molar-refractivity contribution in [1.29, 1.82) is 5.41 Å². The van der Waals surface area contributed by atoms with Gasteiger partial charge < -0.3 is 9.84 Å². The summed E-state index contributed by atoms with van der Waals surface area (Å²) in [6.45, 7) is 1.19. The molecule has 0 radical (unpaired) electrons. The number of pyridine rings is 2. The Kier molecular flexibility index (Phi) is 8.87. The standard InChI is InChI=1S/C20H19ClF5N5O3/c1-3-31(16(27)9-32)19(33)30-17-14(23)7-11(18(29-17)34-10(2)20(24,25)26)13(22)8-15-12(21)5-4-6-28-15/h4-8,10,27,32H,3,9H2,1-2H3,(H,29,30,33)/b13-8-,27-16?/t10-/m0/s1. The molecule has 0 saturated carbocycles. The van der Waals surface area contributed by atoms with Crippen LogP contribution in [-0.4, -0.2) is 57.3 Å². The first-order chi connectivity index (χ1) is 15.9.